The van der Waals surface area contributed by atoms with Crippen molar-refractivity contribution in [1.82, 2.24) is 21.0 Å². The Kier molecular flexibility index (Phi) is 15.6. The summed E-state index contributed by atoms with van der Waals surface area (Å²) in [4.78, 5) is 94.7. The van der Waals surface area contributed by atoms with E-state index in [1.807, 2.05) is 48.5 Å². The Morgan fingerprint density at radius 3 is 1.70 bits per heavy atom. The van der Waals surface area contributed by atoms with Gasteiger partial charge in [-0.05, 0) is 95.9 Å². The van der Waals surface area contributed by atoms with E-state index in [-0.39, 0.29) is 57.7 Å². The van der Waals surface area contributed by atoms with Gasteiger partial charge in [0.25, 0.3) is 11.8 Å². The molecule has 1 saturated heterocycles. The molecule has 3 N–H and O–H groups in total. The average Bonchev–Trinajstić information content (AvgIpc) is 3.62. The van der Waals surface area contributed by atoms with Crippen molar-refractivity contribution in [2.45, 2.75) is 122 Å². The zero-order valence-corrected chi connectivity index (χ0v) is 33.8. The molecule has 15 nitrogen and oxygen atoms in total. The van der Waals surface area contributed by atoms with Crippen molar-refractivity contribution in [1.29, 1.82) is 0 Å². The molecule has 1 aliphatic carbocycles. The number of rotatable bonds is 18. The maximum atomic E-state index is 14.0. The molecule has 1 heterocycles. The minimum Gasteiger partial charge on any atom is -0.449 e. The molecule has 0 aromatic heterocycles. The minimum absolute atomic E-state index is 0.0186. The molecule has 0 saturated carbocycles. The van der Waals surface area contributed by atoms with Crippen LogP contribution >= 0.6 is 0 Å². The van der Waals surface area contributed by atoms with E-state index in [1.165, 1.54) is 0 Å². The molecule has 1 aliphatic heterocycles. The van der Waals surface area contributed by atoms with Gasteiger partial charge in [0, 0.05) is 38.3 Å². The van der Waals surface area contributed by atoms with E-state index in [2.05, 4.69) is 16.0 Å². The van der Waals surface area contributed by atoms with Crippen molar-refractivity contribution < 1.29 is 52.6 Å². The van der Waals surface area contributed by atoms with E-state index >= 15 is 0 Å². The number of hydrogen-bond acceptors (Lipinski definition) is 11. The van der Waals surface area contributed by atoms with Gasteiger partial charge in [-0.2, -0.15) is 0 Å². The van der Waals surface area contributed by atoms with Crippen molar-refractivity contribution >= 4 is 41.8 Å². The summed E-state index contributed by atoms with van der Waals surface area (Å²) in [5.74, 6) is -4.04. The fourth-order valence-corrected chi connectivity index (χ4v) is 6.61. The number of amides is 5. The second kappa shape index (κ2) is 20.1. The standard InChI is InChI=1S/C42H56N4O11/c1-41(2,3)55-38(51)43-23-13-11-15-27(37(50)57-46-35(48)21-22-36(46)49)25-34(47)33(20-12-14-24-44-39(52)56-42(4,5)6)45-40(53)54-26-32-30-18-9-7-16-28(30)29-17-8-10-19-31(29)32/h7-10,16-19,27,32-33H,11-15,20-26H2,1-6H3,(H,43,51)(H,44,52)(H,45,53)/t27-,33+/m1/s1. The van der Waals surface area contributed by atoms with Gasteiger partial charge in [-0.25, -0.2) is 19.2 Å². The molecule has 0 spiro atoms. The van der Waals surface area contributed by atoms with Crippen LogP contribution in [0.15, 0.2) is 48.5 Å². The Morgan fingerprint density at radius 1 is 0.702 bits per heavy atom. The normalized spacial score (nSPS) is 14.9. The van der Waals surface area contributed by atoms with Crippen LogP contribution in [0.5, 0.6) is 0 Å². The van der Waals surface area contributed by atoms with Crippen molar-refractivity contribution in [2.24, 2.45) is 5.92 Å². The fourth-order valence-electron chi connectivity index (χ4n) is 6.61. The van der Waals surface area contributed by atoms with E-state index in [4.69, 9.17) is 19.0 Å². The molecular weight excluding hydrogens is 736 g/mol. The van der Waals surface area contributed by atoms with Crippen LogP contribution in [0.2, 0.25) is 0 Å². The summed E-state index contributed by atoms with van der Waals surface area (Å²) in [7, 11) is 0. The number of imide groups is 1. The first-order valence-electron chi connectivity index (χ1n) is 19.6. The van der Waals surface area contributed by atoms with Gasteiger partial charge in [-0.3, -0.25) is 14.4 Å². The third-order valence-corrected chi connectivity index (χ3v) is 9.23. The quantitative estimate of drug-likeness (QED) is 0.0851. The van der Waals surface area contributed by atoms with Gasteiger partial charge in [0.2, 0.25) is 0 Å². The number of ketones is 1. The van der Waals surface area contributed by atoms with Crippen molar-refractivity contribution in [3.63, 3.8) is 0 Å². The highest BCUT2D eigenvalue weighted by Gasteiger charge is 2.37. The summed E-state index contributed by atoms with van der Waals surface area (Å²) in [6.45, 7) is 11.0. The molecule has 4 rings (SSSR count). The fraction of sp³-hybridized carbons (Fsp3) is 0.548. The van der Waals surface area contributed by atoms with Crippen LogP contribution in [0.1, 0.15) is 116 Å². The highest BCUT2D eigenvalue weighted by Crippen LogP contribution is 2.44. The van der Waals surface area contributed by atoms with Gasteiger partial charge in [0.15, 0.2) is 5.78 Å². The van der Waals surface area contributed by atoms with Crippen LogP contribution in [0, 0.1) is 5.92 Å². The van der Waals surface area contributed by atoms with E-state index in [0.29, 0.717) is 30.7 Å². The number of ether oxygens (including phenoxy) is 3. The number of nitrogens with zero attached hydrogens (tertiary/aromatic N) is 1. The smallest absolute Gasteiger partial charge is 0.407 e. The summed E-state index contributed by atoms with van der Waals surface area (Å²) in [6.07, 6.45) is -0.645. The molecule has 310 valence electrons. The number of Topliss-reactive ketones (excluding diaryl/α,β-unsaturated/α-hetero) is 1. The van der Waals surface area contributed by atoms with Crippen LogP contribution in [-0.4, -0.2) is 83.9 Å². The van der Waals surface area contributed by atoms with Crippen LogP contribution in [0.25, 0.3) is 11.1 Å². The third-order valence-electron chi connectivity index (χ3n) is 9.23. The number of hydroxylamine groups is 2. The summed E-state index contributed by atoms with van der Waals surface area (Å²) in [5, 5.41) is 8.47. The first-order valence-corrected chi connectivity index (χ1v) is 19.6. The van der Waals surface area contributed by atoms with Crippen molar-refractivity contribution in [3.8, 4) is 11.1 Å². The molecule has 5 amide bonds. The molecule has 0 radical (unpaired) electrons. The number of alkyl carbamates (subject to hydrolysis) is 3. The summed E-state index contributed by atoms with van der Waals surface area (Å²) >= 11 is 0. The Hall–Kier alpha value is -5.47. The first-order chi connectivity index (χ1) is 26.9. The maximum absolute atomic E-state index is 14.0. The van der Waals surface area contributed by atoms with Gasteiger partial charge >= 0.3 is 24.2 Å². The first kappa shape index (κ1) is 44.2. The van der Waals surface area contributed by atoms with Gasteiger partial charge < -0.3 is 35.0 Å². The third kappa shape index (κ3) is 13.9. The Balaban J connectivity index is 1.43. The highest BCUT2D eigenvalue weighted by molar-refractivity contribution is 6.02. The topological polar surface area (TPSA) is 196 Å². The molecule has 0 bridgehead atoms. The maximum Gasteiger partial charge on any atom is 0.407 e. The highest BCUT2D eigenvalue weighted by atomic mass is 16.7. The van der Waals surface area contributed by atoms with Crippen LogP contribution in [-0.2, 0) is 38.2 Å². The lowest BCUT2D eigenvalue weighted by molar-refractivity contribution is -0.201. The number of unbranched alkanes of at least 4 members (excludes halogenated alkanes) is 2. The number of fused-ring (bicyclic) bond motifs is 3. The van der Waals surface area contributed by atoms with Gasteiger partial charge in [0.1, 0.15) is 17.8 Å². The molecule has 15 heteroatoms. The van der Waals surface area contributed by atoms with Crippen LogP contribution in [0.4, 0.5) is 14.4 Å². The number of carbonyl (C=O) groups is 7. The zero-order chi connectivity index (χ0) is 41.8. The van der Waals surface area contributed by atoms with Crippen LogP contribution in [0.3, 0.4) is 0 Å². The molecule has 2 aromatic rings. The summed E-state index contributed by atoms with van der Waals surface area (Å²) < 4.78 is 16.3. The molecule has 1 fully saturated rings. The zero-order valence-electron chi connectivity index (χ0n) is 33.8. The Morgan fingerprint density at radius 2 is 1.19 bits per heavy atom. The van der Waals surface area contributed by atoms with E-state index in [0.717, 1.165) is 22.3 Å². The van der Waals surface area contributed by atoms with E-state index in [9.17, 15) is 33.6 Å². The van der Waals surface area contributed by atoms with Gasteiger partial charge in [0.05, 0.1) is 12.0 Å². The molecular formula is C42H56N4O11. The molecule has 2 aromatic carbocycles. The molecule has 0 unspecified atom stereocenters. The number of nitrogens with one attached hydrogen (secondary N) is 3. The summed E-state index contributed by atoms with van der Waals surface area (Å²) in [5.41, 5.74) is 2.82. The van der Waals surface area contributed by atoms with Gasteiger partial charge in [-0.15, -0.1) is 5.06 Å². The lowest BCUT2D eigenvalue weighted by Gasteiger charge is -2.23. The molecule has 2 atom stereocenters. The Bertz CT molecular complexity index is 1720. The predicted molar refractivity (Wildman–Crippen MR) is 208 cm³/mol. The van der Waals surface area contributed by atoms with Gasteiger partial charge in [-0.1, -0.05) is 55.0 Å². The minimum atomic E-state index is -1.08. The van der Waals surface area contributed by atoms with E-state index in [1.54, 1.807) is 41.5 Å². The number of benzene rings is 2. The Labute approximate surface area is 333 Å². The second-order valence-corrected chi connectivity index (χ2v) is 16.2. The lowest BCUT2D eigenvalue weighted by Crippen LogP contribution is -2.43. The van der Waals surface area contributed by atoms with Crippen LogP contribution < -0.4 is 16.0 Å². The number of carbonyl (C=O) groups excluding carboxylic acids is 7. The number of hydrogen-bond donors (Lipinski definition) is 3. The SMILES string of the molecule is CC(C)(C)OC(=O)NCCCC[C@H](CC(=O)[C@H](CCCCNC(=O)OC(C)(C)C)NC(=O)OCC1c2ccccc2-c2ccccc21)C(=O)ON1C(=O)CCC1=O. The largest absolute Gasteiger partial charge is 0.449 e. The predicted octanol–water partition coefficient (Wildman–Crippen LogP) is 6.47. The summed E-state index contributed by atoms with van der Waals surface area (Å²) in [6, 6.07) is 14.7. The second-order valence-electron chi connectivity index (χ2n) is 16.2. The van der Waals surface area contributed by atoms with E-state index < -0.39 is 65.0 Å². The van der Waals surface area contributed by atoms with Crippen molar-refractivity contribution in [3.05, 3.63) is 59.7 Å². The van der Waals surface area contributed by atoms with Crippen molar-refractivity contribution in [2.75, 3.05) is 19.7 Å². The average molecular weight is 793 g/mol. The lowest BCUT2D eigenvalue weighted by atomic mass is 9.92. The monoisotopic (exact) mass is 792 g/mol. The molecule has 2 aliphatic rings. The molecule has 57 heavy (non-hydrogen) atoms.